The van der Waals surface area contributed by atoms with Crippen LogP contribution in [0, 0.1) is 0 Å². The van der Waals surface area contributed by atoms with E-state index in [1.807, 2.05) is 24.9 Å². The maximum Gasteiger partial charge on any atom is 0.338 e. The van der Waals surface area contributed by atoms with Crippen molar-refractivity contribution in [3.63, 3.8) is 0 Å². The predicted octanol–water partition coefficient (Wildman–Crippen LogP) is 3.02. The Morgan fingerprint density at radius 1 is 1.50 bits per heavy atom. The van der Waals surface area contributed by atoms with Crippen LogP contribution in [0.3, 0.4) is 0 Å². The summed E-state index contributed by atoms with van der Waals surface area (Å²) in [6.07, 6.45) is 3.17. The molecule has 1 aromatic rings. The monoisotopic (exact) mass is 296 g/mol. The third kappa shape index (κ3) is 4.34. The lowest BCUT2D eigenvalue weighted by Crippen LogP contribution is -2.30. The van der Waals surface area contributed by atoms with Gasteiger partial charge >= 0.3 is 5.97 Å². The first-order chi connectivity index (χ1) is 9.51. The summed E-state index contributed by atoms with van der Waals surface area (Å²) in [5.74, 6) is 0.794. The molecule has 1 aromatic carbocycles. The Bertz CT molecular complexity index is 451. The van der Waals surface area contributed by atoms with E-state index in [0.29, 0.717) is 23.9 Å². The first kappa shape index (κ1) is 16.7. The van der Waals surface area contributed by atoms with E-state index in [9.17, 15) is 4.79 Å². The molecule has 0 bridgehead atoms. The smallest absolute Gasteiger partial charge is 0.338 e. The number of nitrogens with two attached hydrogens (primary N) is 1. The molecule has 4 nitrogen and oxygen atoms in total. The van der Waals surface area contributed by atoms with Crippen molar-refractivity contribution in [1.29, 1.82) is 0 Å². The molecule has 0 radical (unpaired) electrons. The lowest BCUT2D eigenvalue weighted by atomic mass is 10.1. The Kier molecular flexibility index (Phi) is 6.71. The first-order valence-electron chi connectivity index (χ1n) is 6.79. The molecule has 2 N–H and O–H groups in total. The number of carbonyl (C=O) groups is 1. The van der Waals surface area contributed by atoms with Gasteiger partial charge < -0.3 is 15.4 Å². The fraction of sp³-hybridized carbons (Fsp3) is 0.533. The highest BCUT2D eigenvalue weighted by Gasteiger charge is 2.15. The van der Waals surface area contributed by atoms with Gasteiger partial charge in [0, 0.05) is 13.1 Å². The number of anilines is 2. The van der Waals surface area contributed by atoms with Crippen molar-refractivity contribution in [3.8, 4) is 0 Å². The summed E-state index contributed by atoms with van der Waals surface area (Å²) in [6.45, 7) is 4.33. The number of hydrogen-bond donors (Lipinski definition) is 1. The van der Waals surface area contributed by atoms with E-state index < -0.39 is 0 Å². The van der Waals surface area contributed by atoms with E-state index in [1.165, 1.54) is 0 Å². The van der Waals surface area contributed by atoms with Gasteiger partial charge in [0.15, 0.2) is 0 Å². The summed E-state index contributed by atoms with van der Waals surface area (Å²) in [7, 11) is 2.01. The number of thioether (sulfide) groups is 1. The Morgan fingerprint density at radius 2 is 2.20 bits per heavy atom. The highest BCUT2D eigenvalue weighted by atomic mass is 32.2. The SMILES string of the molecule is CCOC(=O)c1ccc(N)c(N(C)C(C)CCSC)c1. The number of benzene rings is 1. The van der Waals surface area contributed by atoms with Gasteiger partial charge in [0.25, 0.3) is 0 Å². The first-order valence-corrected chi connectivity index (χ1v) is 8.19. The molecule has 20 heavy (non-hydrogen) atoms. The molecule has 1 atom stereocenters. The molecule has 0 aliphatic carbocycles. The zero-order valence-corrected chi connectivity index (χ0v) is 13.5. The van der Waals surface area contributed by atoms with Crippen LogP contribution in [0.5, 0.6) is 0 Å². The molecule has 112 valence electrons. The van der Waals surface area contributed by atoms with Gasteiger partial charge in [-0.3, -0.25) is 0 Å². The Hall–Kier alpha value is -1.36. The number of nitrogen functional groups attached to an aromatic ring is 1. The van der Waals surface area contributed by atoms with Gasteiger partial charge in [-0.05, 0) is 50.5 Å². The standard InChI is InChI=1S/C15H24N2O2S/c1-5-19-15(18)12-6-7-13(16)14(10-12)17(3)11(2)8-9-20-4/h6-7,10-11H,5,8-9,16H2,1-4H3. The Labute approximate surface area is 125 Å². The van der Waals surface area contributed by atoms with Crippen molar-refractivity contribution >= 4 is 29.1 Å². The molecule has 1 rings (SSSR count). The summed E-state index contributed by atoms with van der Waals surface area (Å²) in [6, 6.07) is 5.64. The van der Waals surface area contributed by atoms with Crippen LogP contribution in [0.4, 0.5) is 11.4 Å². The van der Waals surface area contributed by atoms with Crippen LogP contribution in [0.2, 0.25) is 0 Å². The number of ether oxygens (including phenoxy) is 1. The van der Waals surface area contributed by atoms with Crippen molar-refractivity contribution < 1.29 is 9.53 Å². The molecule has 0 amide bonds. The van der Waals surface area contributed by atoms with Crippen LogP contribution in [0.25, 0.3) is 0 Å². The zero-order valence-electron chi connectivity index (χ0n) is 12.7. The van der Waals surface area contributed by atoms with Crippen molar-refractivity contribution in [2.45, 2.75) is 26.3 Å². The number of hydrogen-bond acceptors (Lipinski definition) is 5. The molecular weight excluding hydrogens is 272 g/mol. The summed E-state index contributed by atoms with van der Waals surface area (Å²) in [5, 5.41) is 0. The molecule has 5 heteroatoms. The van der Waals surface area contributed by atoms with E-state index in [0.717, 1.165) is 17.9 Å². The maximum atomic E-state index is 11.8. The fourth-order valence-electron chi connectivity index (χ4n) is 1.91. The van der Waals surface area contributed by atoms with Gasteiger partial charge in [0.2, 0.25) is 0 Å². The number of rotatable bonds is 7. The van der Waals surface area contributed by atoms with Gasteiger partial charge in [-0.2, -0.15) is 11.8 Å². The molecule has 0 aromatic heterocycles. The van der Waals surface area contributed by atoms with Crippen LogP contribution in [-0.4, -0.2) is 37.7 Å². The molecule has 0 saturated carbocycles. The Balaban J connectivity index is 2.92. The fourth-order valence-corrected chi connectivity index (χ4v) is 2.49. The molecule has 0 fully saturated rings. The molecule has 0 aliphatic rings. The van der Waals surface area contributed by atoms with Crippen LogP contribution in [0.1, 0.15) is 30.6 Å². The van der Waals surface area contributed by atoms with Crippen LogP contribution in [0.15, 0.2) is 18.2 Å². The minimum absolute atomic E-state index is 0.307. The summed E-state index contributed by atoms with van der Waals surface area (Å²) in [4.78, 5) is 13.9. The zero-order chi connectivity index (χ0) is 15.1. The minimum atomic E-state index is -0.307. The van der Waals surface area contributed by atoms with Crippen LogP contribution >= 0.6 is 11.8 Å². The van der Waals surface area contributed by atoms with E-state index >= 15 is 0 Å². The normalized spacial score (nSPS) is 12.0. The van der Waals surface area contributed by atoms with Crippen molar-refractivity contribution in [2.24, 2.45) is 0 Å². The number of esters is 1. The maximum absolute atomic E-state index is 11.8. The Morgan fingerprint density at radius 3 is 2.80 bits per heavy atom. The highest BCUT2D eigenvalue weighted by Crippen LogP contribution is 2.26. The predicted molar refractivity (Wildman–Crippen MR) is 87.7 cm³/mol. The van der Waals surface area contributed by atoms with E-state index in [-0.39, 0.29) is 5.97 Å². The average Bonchev–Trinajstić information content (AvgIpc) is 2.44. The van der Waals surface area contributed by atoms with Gasteiger partial charge in [-0.1, -0.05) is 0 Å². The van der Waals surface area contributed by atoms with Crippen LogP contribution in [-0.2, 0) is 4.74 Å². The van der Waals surface area contributed by atoms with E-state index in [1.54, 1.807) is 19.1 Å². The molecule has 0 aliphatic heterocycles. The van der Waals surface area contributed by atoms with Crippen molar-refractivity contribution in [1.82, 2.24) is 0 Å². The van der Waals surface area contributed by atoms with Gasteiger partial charge in [-0.25, -0.2) is 4.79 Å². The summed E-state index contributed by atoms with van der Waals surface area (Å²) >= 11 is 1.83. The summed E-state index contributed by atoms with van der Waals surface area (Å²) in [5.41, 5.74) is 8.13. The van der Waals surface area contributed by atoms with E-state index in [2.05, 4.69) is 18.1 Å². The molecule has 0 saturated heterocycles. The van der Waals surface area contributed by atoms with Crippen molar-refractivity contribution in [3.05, 3.63) is 23.8 Å². The second-order valence-corrected chi connectivity index (χ2v) is 5.72. The molecular formula is C15H24N2O2S. The quantitative estimate of drug-likeness (QED) is 0.619. The molecule has 0 spiro atoms. The topological polar surface area (TPSA) is 55.6 Å². The van der Waals surface area contributed by atoms with Gasteiger partial charge in [0.05, 0.1) is 23.5 Å². The highest BCUT2D eigenvalue weighted by molar-refractivity contribution is 7.98. The number of nitrogens with zero attached hydrogens (tertiary/aromatic N) is 1. The van der Waals surface area contributed by atoms with E-state index in [4.69, 9.17) is 10.5 Å². The molecule has 1 unspecified atom stereocenters. The second-order valence-electron chi connectivity index (χ2n) is 4.74. The van der Waals surface area contributed by atoms with Gasteiger partial charge in [0.1, 0.15) is 0 Å². The summed E-state index contributed by atoms with van der Waals surface area (Å²) < 4.78 is 5.03. The number of carbonyl (C=O) groups excluding carboxylic acids is 1. The van der Waals surface area contributed by atoms with Gasteiger partial charge in [-0.15, -0.1) is 0 Å². The average molecular weight is 296 g/mol. The third-order valence-electron chi connectivity index (χ3n) is 3.32. The lowest BCUT2D eigenvalue weighted by Gasteiger charge is -2.28. The second kappa shape index (κ2) is 8.04. The minimum Gasteiger partial charge on any atom is -0.462 e. The van der Waals surface area contributed by atoms with Crippen LogP contribution < -0.4 is 10.6 Å². The van der Waals surface area contributed by atoms with Crippen molar-refractivity contribution in [2.75, 3.05) is 36.3 Å². The third-order valence-corrected chi connectivity index (χ3v) is 3.97. The lowest BCUT2D eigenvalue weighted by molar-refractivity contribution is 0.0526. The molecule has 0 heterocycles. The largest absolute Gasteiger partial charge is 0.462 e.